The van der Waals surface area contributed by atoms with Crippen LogP contribution in [0.15, 0.2) is 0 Å². The van der Waals surface area contributed by atoms with Gasteiger partial charge in [-0.1, -0.05) is 0 Å². The molecule has 0 radical (unpaired) electrons. The van der Waals surface area contributed by atoms with E-state index < -0.39 is 20.2 Å². The summed E-state index contributed by atoms with van der Waals surface area (Å²) >= 11 is 0. The molecule has 0 rings (SSSR count). The molecule has 2 N–H and O–H groups in total. The van der Waals surface area contributed by atoms with Gasteiger partial charge in [-0.25, -0.2) is 0 Å². The summed E-state index contributed by atoms with van der Waals surface area (Å²) in [4.78, 5) is 0. The molecule has 0 fully saturated rings. The van der Waals surface area contributed by atoms with Crippen molar-refractivity contribution in [3.8, 4) is 0 Å². The maximum atomic E-state index is 10.5. The van der Waals surface area contributed by atoms with Crippen LogP contribution in [-0.2, 0) is 20.2 Å². The Morgan fingerprint density at radius 1 is 0.778 bits per heavy atom. The van der Waals surface area contributed by atoms with Crippen LogP contribution in [0, 0.1) is 0 Å². The average molecular weight is 304 g/mol. The number of hydrogen-bond donors (Lipinski definition) is 2. The summed E-state index contributed by atoms with van der Waals surface area (Å²) in [5, 5.41) is 0. The zero-order valence-corrected chi connectivity index (χ0v) is 12.4. The Kier molecular flexibility index (Phi) is 6.72. The third-order valence-electron chi connectivity index (χ3n) is 2.58. The standard InChI is InChI=1S/C9H21NO6S2/c1-10(2,7-5-9-18(14,15)16)6-3-4-8-17(11,12)13/h3-9H2,1-2H3,(H-,11,12,13,14,15,16)/p+1. The van der Waals surface area contributed by atoms with Gasteiger partial charge >= 0.3 is 0 Å². The minimum Gasteiger partial charge on any atom is -0.328 e. The molecule has 0 aromatic heterocycles. The van der Waals surface area contributed by atoms with Gasteiger partial charge in [-0.05, 0) is 12.8 Å². The summed E-state index contributed by atoms with van der Waals surface area (Å²) in [6, 6.07) is 0. The van der Waals surface area contributed by atoms with Crippen LogP contribution < -0.4 is 0 Å². The first-order valence-electron chi connectivity index (χ1n) is 5.64. The van der Waals surface area contributed by atoms with E-state index in [9.17, 15) is 16.8 Å². The van der Waals surface area contributed by atoms with Crippen LogP contribution in [0.4, 0.5) is 0 Å². The molecule has 0 spiro atoms. The van der Waals surface area contributed by atoms with Crippen molar-refractivity contribution in [1.29, 1.82) is 0 Å². The number of rotatable bonds is 9. The van der Waals surface area contributed by atoms with Crippen molar-refractivity contribution in [3.63, 3.8) is 0 Å². The molecule has 0 saturated carbocycles. The number of unbranched alkanes of at least 4 members (excludes halogenated alkanes) is 1. The van der Waals surface area contributed by atoms with E-state index in [2.05, 4.69) is 0 Å². The lowest BCUT2D eigenvalue weighted by Gasteiger charge is -2.29. The Bertz CT molecular complexity index is 440. The van der Waals surface area contributed by atoms with E-state index >= 15 is 0 Å². The molecule has 0 aliphatic heterocycles. The van der Waals surface area contributed by atoms with Gasteiger partial charge in [0.1, 0.15) is 0 Å². The van der Waals surface area contributed by atoms with Gasteiger partial charge in [0.25, 0.3) is 20.2 Å². The quantitative estimate of drug-likeness (QED) is 0.353. The second kappa shape index (κ2) is 6.80. The van der Waals surface area contributed by atoms with Gasteiger partial charge in [-0.15, -0.1) is 0 Å². The molecule has 0 aromatic carbocycles. The van der Waals surface area contributed by atoms with Gasteiger partial charge in [-0.2, -0.15) is 16.8 Å². The molecule has 0 aromatic rings. The van der Waals surface area contributed by atoms with Gasteiger partial charge < -0.3 is 4.48 Å². The fourth-order valence-corrected chi connectivity index (χ4v) is 2.67. The van der Waals surface area contributed by atoms with E-state index in [1.165, 1.54) is 0 Å². The van der Waals surface area contributed by atoms with Gasteiger partial charge in [0.15, 0.2) is 0 Å². The molecule has 110 valence electrons. The number of hydrogen-bond acceptors (Lipinski definition) is 4. The highest BCUT2D eigenvalue weighted by molar-refractivity contribution is 7.86. The lowest BCUT2D eigenvalue weighted by Crippen LogP contribution is -2.41. The largest absolute Gasteiger partial charge is 0.328 e. The van der Waals surface area contributed by atoms with Crippen molar-refractivity contribution in [3.05, 3.63) is 0 Å². The molecule has 7 nitrogen and oxygen atoms in total. The lowest BCUT2D eigenvalue weighted by molar-refractivity contribution is -0.890. The lowest BCUT2D eigenvalue weighted by atomic mass is 10.3. The minimum atomic E-state index is -3.91. The smallest absolute Gasteiger partial charge is 0.265 e. The summed E-state index contributed by atoms with van der Waals surface area (Å²) in [6.07, 6.45) is 1.35. The van der Waals surface area contributed by atoms with Gasteiger partial charge in [0.05, 0.1) is 38.7 Å². The highest BCUT2D eigenvalue weighted by Gasteiger charge is 2.16. The molecule has 18 heavy (non-hydrogen) atoms. The average Bonchev–Trinajstić information content (AvgIpc) is 2.08. The van der Waals surface area contributed by atoms with E-state index in [0.717, 1.165) is 0 Å². The van der Waals surface area contributed by atoms with Crippen molar-refractivity contribution < 1.29 is 30.4 Å². The summed E-state index contributed by atoms with van der Waals surface area (Å²) in [5.41, 5.74) is 0. The zero-order chi connectivity index (χ0) is 14.4. The van der Waals surface area contributed by atoms with E-state index in [0.29, 0.717) is 36.8 Å². The predicted molar refractivity (Wildman–Crippen MR) is 68.5 cm³/mol. The molecule has 0 aliphatic carbocycles. The Balaban J connectivity index is 3.87. The van der Waals surface area contributed by atoms with Crippen LogP contribution in [-0.4, -0.2) is 69.1 Å². The van der Waals surface area contributed by atoms with Crippen molar-refractivity contribution >= 4 is 20.2 Å². The van der Waals surface area contributed by atoms with E-state index in [-0.39, 0.29) is 11.5 Å². The molecule has 0 amide bonds. The molecule has 9 heteroatoms. The highest BCUT2D eigenvalue weighted by Crippen LogP contribution is 2.05. The first-order chi connectivity index (χ1) is 7.91. The molecule has 0 unspecified atom stereocenters. The molecular weight excluding hydrogens is 282 g/mol. The molecule has 0 atom stereocenters. The molecular formula is C9H22NO6S2+. The zero-order valence-electron chi connectivity index (χ0n) is 10.7. The second-order valence-corrected chi connectivity index (χ2v) is 8.16. The predicted octanol–water partition coefficient (Wildman–Crippen LogP) is 0.00870. The summed E-state index contributed by atoms with van der Waals surface area (Å²) < 4.78 is 59.8. The minimum absolute atomic E-state index is 0.252. The van der Waals surface area contributed by atoms with Crippen LogP contribution in [0.2, 0.25) is 0 Å². The summed E-state index contributed by atoms with van der Waals surface area (Å²) in [7, 11) is -4.01. The molecule has 0 heterocycles. The van der Waals surface area contributed by atoms with E-state index in [4.69, 9.17) is 9.11 Å². The second-order valence-electron chi connectivity index (χ2n) is 5.02. The third-order valence-corrected chi connectivity index (χ3v) is 4.19. The fourth-order valence-electron chi connectivity index (χ4n) is 1.61. The highest BCUT2D eigenvalue weighted by atomic mass is 32.2. The van der Waals surface area contributed by atoms with Gasteiger partial charge in [-0.3, -0.25) is 9.11 Å². The first-order valence-corrected chi connectivity index (χ1v) is 8.85. The topological polar surface area (TPSA) is 109 Å². The fraction of sp³-hybridized carbons (Fsp3) is 1.00. The summed E-state index contributed by atoms with van der Waals surface area (Å²) in [6.45, 7) is 1.26. The SMILES string of the molecule is C[N+](C)(CCCCS(=O)(=O)O)CCCS(=O)(=O)O. The van der Waals surface area contributed by atoms with Crippen LogP contribution >= 0.6 is 0 Å². The molecule has 0 bridgehead atoms. The van der Waals surface area contributed by atoms with Crippen molar-refractivity contribution in [2.75, 3.05) is 38.7 Å². The molecule has 0 aliphatic rings. The summed E-state index contributed by atoms with van der Waals surface area (Å²) in [5.74, 6) is -0.516. The monoisotopic (exact) mass is 304 g/mol. The van der Waals surface area contributed by atoms with Gasteiger partial charge in [0, 0.05) is 6.42 Å². The van der Waals surface area contributed by atoms with Gasteiger partial charge in [0.2, 0.25) is 0 Å². The van der Waals surface area contributed by atoms with E-state index in [1.807, 2.05) is 14.1 Å². The van der Waals surface area contributed by atoms with Crippen LogP contribution in [0.25, 0.3) is 0 Å². The Labute approximate surface area is 109 Å². The van der Waals surface area contributed by atoms with Crippen LogP contribution in [0.5, 0.6) is 0 Å². The first kappa shape index (κ1) is 17.8. The maximum Gasteiger partial charge on any atom is 0.265 e. The third kappa shape index (κ3) is 12.2. The van der Waals surface area contributed by atoms with Crippen molar-refractivity contribution in [1.82, 2.24) is 0 Å². The molecule has 0 saturated heterocycles. The normalized spacial score (nSPS) is 13.8. The Morgan fingerprint density at radius 3 is 1.61 bits per heavy atom. The van der Waals surface area contributed by atoms with Crippen molar-refractivity contribution in [2.24, 2.45) is 0 Å². The number of quaternary nitrogens is 1. The Morgan fingerprint density at radius 2 is 1.17 bits per heavy atom. The van der Waals surface area contributed by atoms with Crippen LogP contribution in [0.3, 0.4) is 0 Å². The van der Waals surface area contributed by atoms with Crippen molar-refractivity contribution in [2.45, 2.75) is 19.3 Å². The van der Waals surface area contributed by atoms with Crippen LogP contribution in [0.1, 0.15) is 19.3 Å². The van der Waals surface area contributed by atoms with E-state index in [1.54, 1.807) is 0 Å². The number of nitrogens with zero attached hydrogens (tertiary/aromatic N) is 1. The maximum absolute atomic E-state index is 10.5. The Hall–Kier alpha value is -0.220.